The van der Waals surface area contributed by atoms with Gasteiger partial charge in [0.2, 0.25) is 0 Å². The van der Waals surface area contributed by atoms with Crippen LogP contribution in [0.5, 0.6) is 0 Å². The van der Waals surface area contributed by atoms with Gasteiger partial charge in [-0.25, -0.2) is 0 Å². The molecule has 0 unspecified atom stereocenters. The fourth-order valence-electron chi connectivity index (χ4n) is 2.35. The van der Waals surface area contributed by atoms with Gasteiger partial charge in [-0.3, -0.25) is 0 Å². The van der Waals surface area contributed by atoms with Crippen molar-refractivity contribution in [3.8, 4) is 0 Å². The Morgan fingerprint density at radius 1 is 1.06 bits per heavy atom. The first-order chi connectivity index (χ1) is 8.84. The fraction of sp³-hybridized carbons (Fsp3) is 0.200. The molecule has 0 atom stereocenters. The molecule has 0 saturated carbocycles. The molecule has 3 rings (SSSR count). The van der Waals surface area contributed by atoms with Crippen molar-refractivity contribution in [1.29, 1.82) is 0 Å². The summed E-state index contributed by atoms with van der Waals surface area (Å²) in [6, 6.07) is 17.0. The van der Waals surface area contributed by atoms with E-state index in [2.05, 4.69) is 74.7 Å². The Morgan fingerprint density at radius 2 is 1.94 bits per heavy atom. The minimum absolute atomic E-state index is 1.03. The number of halogens is 1. The average molecular weight is 303 g/mol. The van der Waals surface area contributed by atoms with Crippen LogP contribution in [0.1, 0.15) is 6.42 Å². The van der Waals surface area contributed by atoms with Crippen LogP contribution in [0.3, 0.4) is 0 Å². The lowest BCUT2D eigenvalue weighted by Gasteiger charge is -2.24. The molecule has 1 aliphatic heterocycles. The predicted octanol–water partition coefficient (Wildman–Crippen LogP) is 4.40. The van der Waals surface area contributed by atoms with Crippen molar-refractivity contribution in [3.05, 3.63) is 53.0 Å². The molecule has 0 spiro atoms. The van der Waals surface area contributed by atoms with E-state index in [1.165, 1.54) is 17.1 Å². The van der Waals surface area contributed by atoms with E-state index in [0.29, 0.717) is 0 Å². The van der Waals surface area contributed by atoms with E-state index < -0.39 is 0 Å². The summed E-state index contributed by atoms with van der Waals surface area (Å²) in [5.41, 5.74) is 3.71. The molecular weight excluding hydrogens is 288 g/mol. The van der Waals surface area contributed by atoms with Crippen molar-refractivity contribution >= 4 is 33.0 Å². The van der Waals surface area contributed by atoms with Crippen LogP contribution < -0.4 is 10.2 Å². The highest BCUT2D eigenvalue weighted by Crippen LogP contribution is 2.34. The third-order valence-corrected chi connectivity index (χ3v) is 3.68. The van der Waals surface area contributed by atoms with Gasteiger partial charge in [0.05, 0.1) is 11.4 Å². The summed E-state index contributed by atoms with van der Waals surface area (Å²) in [4.78, 5) is 2.38. The lowest BCUT2D eigenvalue weighted by Crippen LogP contribution is -2.17. The van der Waals surface area contributed by atoms with Crippen LogP contribution in [0.2, 0.25) is 0 Å². The van der Waals surface area contributed by atoms with Crippen LogP contribution in [0.15, 0.2) is 53.0 Å². The average Bonchev–Trinajstić information content (AvgIpc) is 2.61. The first-order valence-electron chi connectivity index (χ1n) is 6.20. The second-order valence-electron chi connectivity index (χ2n) is 4.43. The molecule has 1 N–H and O–H groups in total. The topological polar surface area (TPSA) is 15.3 Å². The summed E-state index contributed by atoms with van der Waals surface area (Å²) in [5, 5.41) is 3.49. The predicted molar refractivity (Wildman–Crippen MR) is 80.7 cm³/mol. The highest BCUT2D eigenvalue weighted by molar-refractivity contribution is 9.10. The quantitative estimate of drug-likeness (QED) is 0.840. The van der Waals surface area contributed by atoms with Crippen LogP contribution in [0.25, 0.3) is 0 Å². The third kappa shape index (κ3) is 2.23. The number of para-hydroxylation sites is 2. The number of nitrogens with zero attached hydrogens (tertiary/aromatic N) is 1. The van der Waals surface area contributed by atoms with Gasteiger partial charge in [0.1, 0.15) is 0 Å². The molecule has 2 aromatic rings. The van der Waals surface area contributed by atoms with Gasteiger partial charge in [-0.05, 0) is 36.8 Å². The van der Waals surface area contributed by atoms with Crippen LogP contribution >= 0.6 is 15.9 Å². The molecular formula is C15H15BrN2. The number of rotatable bonds is 1. The maximum Gasteiger partial charge on any atom is 0.0646 e. The summed E-state index contributed by atoms with van der Waals surface area (Å²) in [7, 11) is 0. The minimum atomic E-state index is 1.03. The smallest absolute Gasteiger partial charge is 0.0646 e. The molecule has 0 aromatic heterocycles. The standard InChI is InChI=1S/C15H15BrN2/c16-12-5-3-6-13(11-12)18-10-4-9-17-14-7-1-2-8-15(14)18/h1-3,5-8,11,17H,4,9-10H2. The lowest BCUT2D eigenvalue weighted by atomic mass is 10.2. The lowest BCUT2D eigenvalue weighted by molar-refractivity contribution is 0.863. The number of hydrogen-bond acceptors (Lipinski definition) is 2. The van der Waals surface area contributed by atoms with E-state index in [1.807, 2.05) is 0 Å². The fourth-order valence-corrected chi connectivity index (χ4v) is 2.74. The van der Waals surface area contributed by atoms with Gasteiger partial charge in [0, 0.05) is 23.2 Å². The minimum Gasteiger partial charge on any atom is -0.383 e. The van der Waals surface area contributed by atoms with Crippen LogP contribution in [-0.2, 0) is 0 Å². The second kappa shape index (κ2) is 5.02. The van der Waals surface area contributed by atoms with Gasteiger partial charge in [0.25, 0.3) is 0 Å². The number of fused-ring (bicyclic) bond motifs is 1. The van der Waals surface area contributed by atoms with Crippen molar-refractivity contribution in [3.63, 3.8) is 0 Å². The maximum absolute atomic E-state index is 3.55. The molecule has 1 heterocycles. The Kier molecular flexibility index (Phi) is 3.24. The van der Waals surface area contributed by atoms with Gasteiger partial charge in [0.15, 0.2) is 0 Å². The molecule has 2 aromatic carbocycles. The Hall–Kier alpha value is -1.48. The zero-order chi connectivity index (χ0) is 12.4. The molecule has 1 aliphatic rings. The van der Waals surface area contributed by atoms with Crippen molar-refractivity contribution < 1.29 is 0 Å². The Bertz CT molecular complexity index is 554. The van der Waals surface area contributed by atoms with Gasteiger partial charge in [-0.2, -0.15) is 0 Å². The molecule has 3 heteroatoms. The first kappa shape index (κ1) is 11.6. The van der Waals surface area contributed by atoms with Gasteiger partial charge < -0.3 is 10.2 Å². The number of nitrogens with one attached hydrogen (secondary N) is 1. The van der Waals surface area contributed by atoms with E-state index >= 15 is 0 Å². The summed E-state index contributed by atoms with van der Waals surface area (Å²) in [6.45, 7) is 2.07. The summed E-state index contributed by atoms with van der Waals surface area (Å²) in [6.07, 6.45) is 1.14. The number of anilines is 3. The Labute approximate surface area is 116 Å². The molecule has 18 heavy (non-hydrogen) atoms. The third-order valence-electron chi connectivity index (χ3n) is 3.19. The van der Waals surface area contributed by atoms with Crippen molar-refractivity contribution in [2.24, 2.45) is 0 Å². The van der Waals surface area contributed by atoms with Gasteiger partial charge in [-0.15, -0.1) is 0 Å². The van der Waals surface area contributed by atoms with E-state index in [9.17, 15) is 0 Å². The van der Waals surface area contributed by atoms with Crippen molar-refractivity contribution in [1.82, 2.24) is 0 Å². The summed E-state index contributed by atoms with van der Waals surface area (Å²) >= 11 is 3.55. The number of hydrogen-bond donors (Lipinski definition) is 1. The van der Waals surface area contributed by atoms with Crippen molar-refractivity contribution in [2.75, 3.05) is 23.3 Å². The maximum atomic E-state index is 3.55. The van der Waals surface area contributed by atoms with Crippen LogP contribution in [0, 0.1) is 0 Å². The zero-order valence-corrected chi connectivity index (χ0v) is 11.7. The molecule has 0 fully saturated rings. The highest BCUT2D eigenvalue weighted by atomic mass is 79.9. The molecule has 0 saturated heterocycles. The summed E-state index contributed by atoms with van der Waals surface area (Å²) < 4.78 is 1.12. The van der Waals surface area contributed by atoms with E-state index in [-0.39, 0.29) is 0 Å². The van der Waals surface area contributed by atoms with Crippen LogP contribution in [0.4, 0.5) is 17.1 Å². The molecule has 0 bridgehead atoms. The second-order valence-corrected chi connectivity index (χ2v) is 5.34. The zero-order valence-electron chi connectivity index (χ0n) is 10.1. The molecule has 0 aliphatic carbocycles. The molecule has 0 amide bonds. The molecule has 92 valence electrons. The molecule has 0 radical (unpaired) electrons. The largest absolute Gasteiger partial charge is 0.383 e. The normalized spacial score (nSPS) is 14.6. The first-order valence-corrected chi connectivity index (χ1v) is 7.00. The van der Waals surface area contributed by atoms with E-state index in [1.54, 1.807) is 0 Å². The monoisotopic (exact) mass is 302 g/mol. The SMILES string of the molecule is Brc1cccc(N2CCCNc3ccccc32)c1. The van der Waals surface area contributed by atoms with Gasteiger partial charge >= 0.3 is 0 Å². The number of benzene rings is 2. The van der Waals surface area contributed by atoms with Crippen LogP contribution in [-0.4, -0.2) is 13.1 Å². The Balaban J connectivity index is 2.06. The highest BCUT2D eigenvalue weighted by Gasteiger charge is 2.15. The van der Waals surface area contributed by atoms with Gasteiger partial charge in [-0.1, -0.05) is 34.1 Å². The summed E-state index contributed by atoms with van der Waals surface area (Å²) in [5.74, 6) is 0. The molecule has 2 nitrogen and oxygen atoms in total. The van der Waals surface area contributed by atoms with E-state index in [0.717, 1.165) is 24.0 Å². The van der Waals surface area contributed by atoms with Crippen molar-refractivity contribution in [2.45, 2.75) is 6.42 Å². The Morgan fingerprint density at radius 3 is 2.83 bits per heavy atom. The van der Waals surface area contributed by atoms with E-state index in [4.69, 9.17) is 0 Å².